The highest BCUT2D eigenvalue weighted by atomic mass is 16.5. The summed E-state index contributed by atoms with van der Waals surface area (Å²) in [5.74, 6) is -0.362. The highest BCUT2D eigenvalue weighted by molar-refractivity contribution is 5.72. The van der Waals surface area contributed by atoms with E-state index in [4.69, 9.17) is 4.74 Å². The minimum atomic E-state index is -0.491. The van der Waals surface area contributed by atoms with Crippen LogP contribution in [0.2, 0.25) is 0 Å². The number of nitrogens with zero attached hydrogens (tertiary/aromatic N) is 2. The largest absolute Gasteiger partial charge is 0.407 e. The van der Waals surface area contributed by atoms with Crippen LogP contribution in [0.25, 0.3) is 6.08 Å². The minimum absolute atomic E-state index is 0.129. The summed E-state index contributed by atoms with van der Waals surface area (Å²) in [6.45, 7) is 5.53. The van der Waals surface area contributed by atoms with Gasteiger partial charge < -0.3 is 9.64 Å². The number of para-hydroxylation sites is 1. The number of hydrogen-bond donors (Lipinski definition) is 1. The summed E-state index contributed by atoms with van der Waals surface area (Å²) in [4.78, 5) is 25.6. The molecular weight excluding hydrogens is 318 g/mol. The number of esters is 1. The number of rotatable bonds is 2. The Morgan fingerprint density at radius 3 is 2.60 bits per heavy atom. The predicted molar refractivity (Wildman–Crippen MR) is 96.7 cm³/mol. The van der Waals surface area contributed by atoms with Gasteiger partial charge in [-0.1, -0.05) is 23.9 Å². The number of benzene rings is 1. The lowest BCUT2D eigenvalue weighted by molar-refractivity contribution is -0.132. The number of aromatic amines is 1. The Balaban J connectivity index is 2.14. The van der Waals surface area contributed by atoms with Crippen LogP contribution in [0.1, 0.15) is 31.9 Å². The SMILES string of the molecule is CC(=O)Oc1[nH]n(C)c(=O)c1C=C=C1N(C)c2ccccc2C1(C)C. The number of allylic oxidation sites excluding steroid dienone is 1. The van der Waals surface area contributed by atoms with Crippen molar-refractivity contribution in [3.05, 3.63) is 57.2 Å². The molecule has 0 amide bonds. The number of H-pyrrole nitrogens is 1. The van der Waals surface area contributed by atoms with Crippen molar-refractivity contribution in [1.82, 2.24) is 9.78 Å². The maximum Gasteiger partial charge on any atom is 0.309 e. The van der Waals surface area contributed by atoms with Crippen LogP contribution >= 0.6 is 0 Å². The van der Waals surface area contributed by atoms with Gasteiger partial charge in [-0.15, -0.1) is 0 Å². The summed E-state index contributed by atoms with van der Waals surface area (Å²) >= 11 is 0. The van der Waals surface area contributed by atoms with Gasteiger partial charge in [-0.25, -0.2) is 0 Å². The van der Waals surface area contributed by atoms with Crippen molar-refractivity contribution >= 4 is 17.7 Å². The van der Waals surface area contributed by atoms with Crippen molar-refractivity contribution in [3.8, 4) is 5.88 Å². The van der Waals surface area contributed by atoms with Crippen LogP contribution in [-0.2, 0) is 17.3 Å². The number of likely N-dealkylation sites (N-methyl/N-ethyl adjacent to an activating group) is 1. The number of nitrogens with one attached hydrogen (secondary N) is 1. The Bertz CT molecular complexity index is 972. The first-order valence-corrected chi connectivity index (χ1v) is 8.01. The van der Waals surface area contributed by atoms with E-state index in [0.29, 0.717) is 0 Å². The van der Waals surface area contributed by atoms with Gasteiger partial charge in [0.1, 0.15) is 5.56 Å². The molecule has 0 aliphatic carbocycles. The summed E-state index contributed by atoms with van der Waals surface area (Å²) < 4.78 is 6.37. The topological polar surface area (TPSA) is 67.3 Å². The van der Waals surface area contributed by atoms with Gasteiger partial charge in [-0.05, 0) is 25.5 Å². The molecule has 6 heteroatoms. The molecule has 130 valence electrons. The molecule has 2 aromatic rings. The van der Waals surface area contributed by atoms with E-state index >= 15 is 0 Å². The van der Waals surface area contributed by atoms with Crippen LogP contribution in [0.15, 0.2) is 40.5 Å². The first-order chi connectivity index (χ1) is 11.7. The molecule has 0 saturated heterocycles. The second-order valence-electron chi connectivity index (χ2n) is 6.65. The molecule has 0 bridgehead atoms. The number of hydrogen-bond acceptors (Lipinski definition) is 4. The number of aromatic nitrogens is 2. The fourth-order valence-corrected chi connectivity index (χ4v) is 3.27. The van der Waals surface area contributed by atoms with Crippen LogP contribution in [0, 0.1) is 0 Å². The van der Waals surface area contributed by atoms with Gasteiger partial charge in [0.25, 0.3) is 5.56 Å². The highest BCUT2D eigenvalue weighted by Crippen LogP contribution is 2.46. The Morgan fingerprint density at radius 2 is 1.96 bits per heavy atom. The average molecular weight is 339 g/mol. The summed E-state index contributed by atoms with van der Waals surface area (Å²) in [5, 5.41) is 2.74. The molecule has 0 atom stereocenters. The van der Waals surface area contributed by atoms with E-state index < -0.39 is 5.97 Å². The molecule has 1 aliphatic rings. The molecule has 0 saturated carbocycles. The first-order valence-electron chi connectivity index (χ1n) is 8.01. The third kappa shape index (κ3) is 2.71. The fourth-order valence-electron chi connectivity index (χ4n) is 3.27. The standard InChI is InChI=1S/C19H21N3O3/c1-12(23)25-17-13(18(24)22(5)20-17)10-11-16-19(2,3)14-8-6-7-9-15(14)21(16)4/h6-10,20H,1-5H3. The predicted octanol–water partition coefficient (Wildman–Crippen LogP) is 2.56. The number of ether oxygens (including phenoxy) is 1. The maximum absolute atomic E-state index is 12.3. The van der Waals surface area contributed by atoms with Gasteiger partial charge >= 0.3 is 5.97 Å². The van der Waals surface area contributed by atoms with Crippen LogP contribution in [-0.4, -0.2) is 22.8 Å². The van der Waals surface area contributed by atoms with Crippen molar-refractivity contribution in [3.63, 3.8) is 0 Å². The molecule has 1 aromatic carbocycles. The van der Waals surface area contributed by atoms with Gasteiger partial charge in [0.05, 0.1) is 5.70 Å². The third-order valence-electron chi connectivity index (χ3n) is 4.51. The van der Waals surface area contributed by atoms with E-state index in [-0.39, 0.29) is 22.4 Å². The Labute approximate surface area is 146 Å². The monoisotopic (exact) mass is 339 g/mol. The summed E-state index contributed by atoms with van der Waals surface area (Å²) in [5.41, 5.74) is 6.25. The lowest BCUT2D eigenvalue weighted by Crippen LogP contribution is -2.22. The van der Waals surface area contributed by atoms with Gasteiger partial charge in [-0.2, -0.15) is 0 Å². The average Bonchev–Trinajstić information content (AvgIpc) is 2.91. The van der Waals surface area contributed by atoms with E-state index in [1.165, 1.54) is 17.2 Å². The number of carbonyl (C=O) groups is 1. The lowest BCUT2D eigenvalue weighted by atomic mass is 9.84. The molecule has 1 N–H and O–H groups in total. The van der Waals surface area contributed by atoms with Crippen LogP contribution in [0.3, 0.4) is 0 Å². The molecular formula is C19H21N3O3. The number of fused-ring (bicyclic) bond motifs is 1. The van der Waals surface area contributed by atoms with E-state index in [2.05, 4.69) is 41.7 Å². The number of anilines is 1. The van der Waals surface area contributed by atoms with Gasteiger partial charge in [0, 0.05) is 38.2 Å². The molecule has 3 rings (SSSR count). The molecule has 0 fully saturated rings. The zero-order chi connectivity index (χ0) is 18.4. The molecule has 1 aliphatic heterocycles. The van der Waals surface area contributed by atoms with Crippen molar-refractivity contribution < 1.29 is 9.53 Å². The molecule has 0 spiro atoms. The van der Waals surface area contributed by atoms with Crippen molar-refractivity contribution in [1.29, 1.82) is 0 Å². The quantitative estimate of drug-likeness (QED) is 0.674. The summed E-state index contributed by atoms with van der Waals surface area (Å²) in [6, 6.07) is 8.17. The smallest absolute Gasteiger partial charge is 0.309 e. The zero-order valence-electron chi connectivity index (χ0n) is 15.0. The van der Waals surface area contributed by atoms with E-state index in [1.54, 1.807) is 13.1 Å². The fraction of sp³-hybridized carbons (Fsp3) is 0.316. The number of carbonyl (C=O) groups excluding carboxylic acids is 1. The van der Waals surface area contributed by atoms with Crippen LogP contribution in [0.4, 0.5) is 5.69 Å². The Hall–Kier alpha value is -2.98. The summed E-state index contributed by atoms with van der Waals surface area (Å²) in [6.07, 6.45) is 1.58. The van der Waals surface area contributed by atoms with Crippen LogP contribution in [0.5, 0.6) is 5.88 Å². The highest BCUT2D eigenvalue weighted by Gasteiger charge is 2.38. The minimum Gasteiger partial charge on any atom is -0.407 e. The Morgan fingerprint density at radius 1 is 1.28 bits per heavy atom. The maximum atomic E-state index is 12.3. The van der Waals surface area contributed by atoms with Gasteiger partial charge in [0.2, 0.25) is 5.88 Å². The second kappa shape index (κ2) is 5.83. The molecule has 0 unspecified atom stereocenters. The molecule has 0 radical (unpaired) electrons. The first kappa shape index (κ1) is 16.9. The lowest BCUT2D eigenvalue weighted by Gasteiger charge is -2.21. The molecule has 6 nitrogen and oxygen atoms in total. The van der Waals surface area contributed by atoms with Crippen LogP contribution < -0.4 is 15.2 Å². The van der Waals surface area contributed by atoms with Gasteiger partial charge in [-0.3, -0.25) is 19.4 Å². The van der Waals surface area contributed by atoms with Crippen molar-refractivity contribution in [2.24, 2.45) is 7.05 Å². The van der Waals surface area contributed by atoms with Crippen molar-refractivity contribution in [2.75, 3.05) is 11.9 Å². The van der Waals surface area contributed by atoms with Gasteiger partial charge in [0.15, 0.2) is 0 Å². The molecule has 1 aromatic heterocycles. The zero-order valence-corrected chi connectivity index (χ0v) is 15.0. The summed E-state index contributed by atoms with van der Waals surface area (Å²) in [7, 11) is 3.55. The third-order valence-corrected chi connectivity index (χ3v) is 4.51. The van der Waals surface area contributed by atoms with E-state index in [9.17, 15) is 9.59 Å². The number of aryl methyl sites for hydroxylation is 1. The Kier molecular flexibility index (Phi) is 3.93. The molecule has 25 heavy (non-hydrogen) atoms. The molecule has 2 heterocycles. The van der Waals surface area contributed by atoms with Crippen molar-refractivity contribution in [2.45, 2.75) is 26.2 Å². The second-order valence-corrected chi connectivity index (χ2v) is 6.65. The normalized spacial score (nSPS) is 14.9. The van der Waals surface area contributed by atoms with E-state index in [0.717, 1.165) is 11.4 Å². The van der Waals surface area contributed by atoms with E-state index in [1.807, 2.05) is 19.2 Å².